The van der Waals surface area contributed by atoms with E-state index in [-0.39, 0.29) is 0 Å². The zero-order valence-electron chi connectivity index (χ0n) is 26.0. The van der Waals surface area contributed by atoms with Gasteiger partial charge < -0.3 is 4.57 Å². The molecule has 0 radical (unpaired) electrons. The molecule has 0 amide bonds. The molecule has 0 saturated heterocycles. The molecule has 0 bridgehead atoms. The molecule has 0 atom stereocenters. The highest BCUT2D eigenvalue weighted by atomic mass is 15.2. The number of rotatable bonds is 4. The molecule has 0 N–H and O–H groups in total. The second kappa shape index (κ2) is 10.5. The van der Waals surface area contributed by atoms with Crippen molar-refractivity contribution in [2.24, 2.45) is 0 Å². The predicted molar refractivity (Wildman–Crippen MR) is 199 cm³/mol. The highest BCUT2D eigenvalue weighted by Crippen LogP contribution is 2.41. The number of hydrogen-bond donors (Lipinski definition) is 0. The molecule has 48 heavy (non-hydrogen) atoms. The molecule has 10 aromatic rings. The summed E-state index contributed by atoms with van der Waals surface area (Å²) in [6, 6.07) is 60.0. The van der Waals surface area contributed by atoms with Crippen LogP contribution in [-0.2, 0) is 0 Å². The summed E-state index contributed by atoms with van der Waals surface area (Å²) in [6.45, 7) is 0. The average Bonchev–Trinajstić information content (AvgIpc) is 3.68. The second-order valence-electron chi connectivity index (χ2n) is 12.2. The molecule has 4 heteroatoms. The molecule has 0 fully saturated rings. The largest absolute Gasteiger partial charge is 0.309 e. The lowest BCUT2D eigenvalue weighted by Gasteiger charge is -2.13. The topological polar surface area (TPSA) is 35.6 Å². The Bertz CT molecular complexity index is 2810. The van der Waals surface area contributed by atoms with Gasteiger partial charge in [-0.1, -0.05) is 121 Å². The van der Waals surface area contributed by atoms with Crippen LogP contribution in [0.25, 0.3) is 88.5 Å². The van der Waals surface area contributed by atoms with Crippen molar-refractivity contribution in [2.75, 3.05) is 0 Å². The van der Waals surface area contributed by atoms with Gasteiger partial charge in [0.25, 0.3) is 0 Å². The highest BCUT2D eigenvalue weighted by Gasteiger charge is 2.22. The Morgan fingerprint density at radius 1 is 0.354 bits per heavy atom. The summed E-state index contributed by atoms with van der Waals surface area (Å²) in [7, 11) is 0. The zero-order valence-corrected chi connectivity index (χ0v) is 26.0. The number of aromatic nitrogens is 4. The van der Waals surface area contributed by atoms with Gasteiger partial charge in [-0.15, -0.1) is 0 Å². The fourth-order valence-electron chi connectivity index (χ4n) is 7.43. The van der Waals surface area contributed by atoms with E-state index >= 15 is 0 Å². The Hall–Kier alpha value is -6.52. The number of fused-ring (bicyclic) bond motifs is 8. The first kappa shape index (κ1) is 26.7. The molecule has 0 spiro atoms. The van der Waals surface area contributed by atoms with Crippen LogP contribution in [0.3, 0.4) is 0 Å². The van der Waals surface area contributed by atoms with Gasteiger partial charge in [0, 0.05) is 38.2 Å². The average molecular weight is 613 g/mol. The molecule has 0 aliphatic rings. The fraction of sp³-hybridized carbons (Fsp3) is 0. The third-order valence-electron chi connectivity index (χ3n) is 9.53. The standard InChI is InChI=1S/C44H28N4/c1-4-14-29(15-5-1)31-24-26-39-35(28-31)33-20-10-12-22-37(33)48(39)44-45-36-25-27-40-41(42(36)43(46-44)30-16-6-2-7-17-30)34-21-11-13-23-38(34)47(40)32-18-8-3-9-19-32/h1-28H. The molecule has 0 unspecified atom stereocenters. The molecule has 0 saturated carbocycles. The van der Waals surface area contributed by atoms with E-state index in [2.05, 4.69) is 179 Å². The van der Waals surface area contributed by atoms with Gasteiger partial charge in [-0.2, -0.15) is 0 Å². The van der Waals surface area contributed by atoms with Crippen LogP contribution in [0.4, 0.5) is 0 Å². The van der Waals surface area contributed by atoms with Gasteiger partial charge in [-0.25, -0.2) is 9.97 Å². The molecule has 4 nitrogen and oxygen atoms in total. The van der Waals surface area contributed by atoms with Gasteiger partial charge >= 0.3 is 0 Å². The molecule has 0 aliphatic heterocycles. The monoisotopic (exact) mass is 612 g/mol. The lowest BCUT2D eigenvalue weighted by atomic mass is 10.0. The first-order chi connectivity index (χ1) is 23.8. The smallest absolute Gasteiger partial charge is 0.235 e. The Morgan fingerprint density at radius 2 is 0.938 bits per heavy atom. The van der Waals surface area contributed by atoms with Crippen LogP contribution in [0.15, 0.2) is 170 Å². The van der Waals surface area contributed by atoms with Crippen molar-refractivity contribution in [1.82, 2.24) is 19.1 Å². The minimum absolute atomic E-state index is 0.658. The van der Waals surface area contributed by atoms with Crippen molar-refractivity contribution < 1.29 is 0 Å². The first-order valence-electron chi connectivity index (χ1n) is 16.3. The van der Waals surface area contributed by atoms with Crippen molar-refractivity contribution in [3.63, 3.8) is 0 Å². The normalized spacial score (nSPS) is 11.8. The van der Waals surface area contributed by atoms with E-state index in [1.807, 2.05) is 0 Å². The van der Waals surface area contributed by atoms with Gasteiger partial charge in [0.2, 0.25) is 5.95 Å². The lowest BCUT2D eigenvalue weighted by molar-refractivity contribution is 1.01. The van der Waals surface area contributed by atoms with Gasteiger partial charge in [-0.3, -0.25) is 4.57 Å². The number of para-hydroxylation sites is 3. The quantitative estimate of drug-likeness (QED) is 0.198. The van der Waals surface area contributed by atoms with Gasteiger partial charge in [-0.05, 0) is 59.7 Å². The van der Waals surface area contributed by atoms with Crippen LogP contribution in [-0.4, -0.2) is 19.1 Å². The molecular formula is C44H28N4. The Balaban J connectivity index is 1.31. The molecule has 10 rings (SSSR count). The van der Waals surface area contributed by atoms with Gasteiger partial charge in [0.1, 0.15) is 0 Å². The Kier molecular flexibility index (Phi) is 5.84. The van der Waals surface area contributed by atoms with Crippen molar-refractivity contribution in [2.45, 2.75) is 0 Å². The fourth-order valence-corrected chi connectivity index (χ4v) is 7.43. The van der Waals surface area contributed by atoms with Crippen LogP contribution >= 0.6 is 0 Å². The van der Waals surface area contributed by atoms with Crippen molar-refractivity contribution >= 4 is 54.5 Å². The van der Waals surface area contributed by atoms with Crippen molar-refractivity contribution in [1.29, 1.82) is 0 Å². The van der Waals surface area contributed by atoms with E-state index in [0.717, 1.165) is 55.3 Å². The highest BCUT2D eigenvalue weighted by molar-refractivity contribution is 6.24. The maximum Gasteiger partial charge on any atom is 0.235 e. The summed E-state index contributed by atoms with van der Waals surface area (Å²) in [4.78, 5) is 10.8. The van der Waals surface area contributed by atoms with Crippen molar-refractivity contribution in [3.05, 3.63) is 170 Å². The van der Waals surface area contributed by atoms with E-state index in [0.29, 0.717) is 5.95 Å². The third kappa shape index (κ3) is 3.96. The summed E-state index contributed by atoms with van der Waals surface area (Å²) in [5.74, 6) is 0.658. The Labute approximate surface area is 276 Å². The van der Waals surface area contributed by atoms with E-state index in [4.69, 9.17) is 9.97 Å². The van der Waals surface area contributed by atoms with Crippen molar-refractivity contribution in [3.8, 4) is 34.0 Å². The maximum atomic E-state index is 5.48. The van der Waals surface area contributed by atoms with E-state index in [1.165, 1.54) is 27.3 Å². The summed E-state index contributed by atoms with van der Waals surface area (Å²) >= 11 is 0. The molecule has 3 heterocycles. The number of nitrogens with zero attached hydrogens (tertiary/aromatic N) is 4. The maximum absolute atomic E-state index is 5.48. The first-order valence-corrected chi connectivity index (χ1v) is 16.3. The van der Waals surface area contributed by atoms with Crippen LogP contribution in [0.2, 0.25) is 0 Å². The van der Waals surface area contributed by atoms with Crippen LogP contribution < -0.4 is 0 Å². The SMILES string of the molecule is c1ccc(-c2ccc3c(c2)c2ccccc2n3-c2nc(-c3ccccc3)c3c(ccc4c3c3ccccc3n4-c3ccccc3)n2)cc1. The van der Waals surface area contributed by atoms with E-state index < -0.39 is 0 Å². The Morgan fingerprint density at radius 3 is 1.69 bits per heavy atom. The predicted octanol–water partition coefficient (Wildman–Crippen LogP) is 11.2. The minimum Gasteiger partial charge on any atom is -0.309 e. The second-order valence-corrected chi connectivity index (χ2v) is 12.2. The third-order valence-corrected chi connectivity index (χ3v) is 9.53. The summed E-state index contributed by atoms with van der Waals surface area (Å²) in [5.41, 5.74) is 10.9. The van der Waals surface area contributed by atoms with Crippen LogP contribution in [0.1, 0.15) is 0 Å². The van der Waals surface area contributed by atoms with Crippen LogP contribution in [0, 0.1) is 0 Å². The molecule has 3 aromatic heterocycles. The van der Waals surface area contributed by atoms with E-state index in [1.54, 1.807) is 0 Å². The molecule has 0 aliphatic carbocycles. The van der Waals surface area contributed by atoms with Gasteiger partial charge in [0.15, 0.2) is 0 Å². The molecule has 224 valence electrons. The summed E-state index contributed by atoms with van der Waals surface area (Å²) < 4.78 is 4.58. The molecular weight excluding hydrogens is 585 g/mol. The lowest BCUT2D eigenvalue weighted by Crippen LogP contribution is -2.04. The summed E-state index contributed by atoms with van der Waals surface area (Å²) in [5, 5.41) is 5.75. The van der Waals surface area contributed by atoms with E-state index in [9.17, 15) is 0 Å². The minimum atomic E-state index is 0.658. The van der Waals surface area contributed by atoms with Gasteiger partial charge in [0.05, 0.1) is 33.3 Å². The number of hydrogen-bond acceptors (Lipinski definition) is 2. The summed E-state index contributed by atoms with van der Waals surface area (Å²) in [6.07, 6.45) is 0. The zero-order chi connectivity index (χ0) is 31.6. The van der Waals surface area contributed by atoms with Crippen LogP contribution in [0.5, 0.6) is 0 Å². The molecule has 7 aromatic carbocycles. The number of benzene rings is 7.